The van der Waals surface area contributed by atoms with Gasteiger partial charge in [0.25, 0.3) is 0 Å². The van der Waals surface area contributed by atoms with Crippen molar-refractivity contribution in [2.75, 3.05) is 6.61 Å². The second kappa shape index (κ2) is 5.58. The van der Waals surface area contributed by atoms with Gasteiger partial charge in [-0.1, -0.05) is 13.8 Å². The van der Waals surface area contributed by atoms with Crippen LogP contribution in [0.25, 0.3) is 0 Å². The van der Waals surface area contributed by atoms with Gasteiger partial charge in [-0.3, -0.25) is 0 Å². The summed E-state index contributed by atoms with van der Waals surface area (Å²) >= 11 is 1.66. The quantitative estimate of drug-likeness (QED) is 0.811. The monoisotopic (exact) mass is 228 g/mol. The van der Waals surface area contributed by atoms with Crippen molar-refractivity contribution in [1.29, 1.82) is 0 Å². The molecule has 2 atom stereocenters. The van der Waals surface area contributed by atoms with Crippen LogP contribution in [0.5, 0.6) is 0 Å². The van der Waals surface area contributed by atoms with Crippen molar-refractivity contribution in [1.82, 2.24) is 10.3 Å². The fourth-order valence-corrected chi connectivity index (χ4v) is 2.15. The highest BCUT2D eigenvalue weighted by atomic mass is 32.1. The molecule has 86 valence electrons. The molecule has 0 aliphatic rings. The largest absolute Gasteiger partial charge is 0.395 e. The fourth-order valence-electron chi connectivity index (χ4n) is 1.44. The lowest BCUT2D eigenvalue weighted by Gasteiger charge is -2.23. The summed E-state index contributed by atoms with van der Waals surface area (Å²) in [5, 5.41) is 15.8. The molecule has 1 aromatic heterocycles. The molecule has 0 spiro atoms. The van der Waals surface area contributed by atoms with E-state index in [1.807, 2.05) is 6.92 Å². The van der Waals surface area contributed by atoms with Gasteiger partial charge < -0.3 is 10.4 Å². The molecule has 0 aromatic carbocycles. The summed E-state index contributed by atoms with van der Waals surface area (Å²) < 4.78 is 0. The molecule has 1 aromatic rings. The highest BCUT2D eigenvalue weighted by Gasteiger charge is 2.17. The summed E-state index contributed by atoms with van der Waals surface area (Å²) in [6, 6.07) is 0.344. The van der Waals surface area contributed by atoms with Crippen LogP contribution in [0.3, 0.4) is 0 Å². The minimum Gasteiger partial charge on any atom is -0.395 e. The van der Waals surface area contributed by atoms with Crippen LogP contribution in [0.15, 0.2) is 5.38 Å². The molecule has 0 radical (unpaired) electrons. The number of aliphatic hydroxyl groups excluding tert-OH is 1. The van der Waals surface area contributed by atoms with Gasteiger partial charge >= 0.3 is 0 Å². The molecule has 0 aliphatic carbocycles. The summed E-state index contributed by atoms with van der Waals surface area (Å²) in [7, 11) is 0. The second-order valence-corrected chi connectivity index (χ2v) is 5.28. The summed E-state index contributed by atoms with van der Waals surface area (Å²) in [6.07, 6.45) is 0. The van der Waals surface area contributed by atoms with E-state index in [2.05, 4.69) is 36.5 Å². The first kappa shape index (κ1) is 12.6. The van der Waals surface area contributed by atoms with Crippen molar-refractivity contribution >= 4 is 11.3 Å². The van der Waals surface area contributed by atoms with Crippen molar-refractivity contribution in [3.05, 3.63) is 16.1 Å². The van der Waals surface area contributed by atoms with E-state index in [0.717, 1.165) is 10.7 Å². The number of aliphatic hydroxyl groups is 1. The molecule has 4 heteroatoms. The lowest BCUT2D eigenvalue weighted by molar-refractivity contribution is 0.201. The lowest BCUT2D eigenvalue weighted by atomic mass is 10.0. The summed E-state index contributed by atoms with van der Waals surface area (Å²) in [4.78, 5) is 4.43. The highest BCUT2D eigenvalue weighted by Crippen LogP contribution is 2.17. The third-order valence-corrected chi connectivity index (χ3v) is 3.34. The van der Waals surface area contributed by atoms with Gasteiger partial charge in [0, 0.05) is 17.5 Å². The van der Waals surface area contributed by atoms with E-state index in [1.54, 1.807) is 11.3 Å². The number of rotatable bonds is 5. The van der Waals surface area contributed by atoms with Crippen LogP contribution >= 0.6 is 11.3 Å². The average Bonchev–Trinajstić information content (AvgIpc) is 2.60. The maximum Gasteiger partial charge on any atom is 0.0898 e. The molecule has 0 amide bonds. The Morgan fingerprint density at radius 1 is 1.47 bits per heavy atom. The first-order valence-corrected chi connectivity index (χ1v) is 6.21. The molecule has 0 aliphatic heterocycles. The first-order valence-electron chi connectivity index (χ1n) is 5.33. The lowest BCUT2D eigenvalue weighted by Crippen LogP contribution is -2.38. The Bertz CT molecular complexity index is 299. The standard InChI is InChI=1S/C11H20N2OS/c1-7(2)10(5-14)12-8(3)11-6-15-9(4)13-11/h6-8,10,12,14H,5H2,1-4H3/t8?,10-/m1/s1. The normalized spacial score (nSPS) is 15.6. The van der Waals surface area contributed by atoms with Crippen LogP contribution in [0.1, 0.15) is 37.5 Å². The molecule has 2 N–H and O–H groups in total. The van der Waals surface area contributed by atoms with Crippen molar-refractivity contribution in [3.63, 3.8) is 0 Å². The van der Waals surface area contributed by atoms with Gasteiger partial charge in [-0.25, -0.2) is 4.98 Å². The number of hydrogen-bond acceptors (Lipinski definition) is 4. The van der Waals surface area contributed by atoms with Gasteiger partial charge in [0.05, 0.1) is 17.3 Å². The molecule has 1 unspecified atom stereocenters. The Morgan fingerprint density at radius 2 is 2.13 bits per heavy atom. The van der Waals surface area contributed by atoms with E-state index in [4.69, 9.17) is 0 Å². The smallest absolute Gasteiger partial charge is 0.0898 e. The first-order chi connectivity index (χ1) is 7.04. The van der Waals surface area contributed by atoms with Crippen LogP contribution < -0.4 is 5.32 Å². The minimum atomic E-state index is 0.141. The highest BCUT2D eigenvalue weighted by molar-refractivity contribution is 7.09. The maximum atomic E-state index is 9.22. The van der Waals surface area contributed by atoms with Crippen LogP contribution in [-0.4, -0.2) is 22.7 Å². The van der Waals surface area contributed by atoms with E-state index in [0.29, 0.717) is 5.92 Å². The van der Waals surface area contributed by atoms with Gasteiger partial charge in [-0.2, -0.15) is 0 Å². The number of nitrogens with zero attached hydrogens (tertiary/aromatic N) is 1. The molecule has 0 saturated heterocycles. The molecule has 1 heterocycles. The SMILES string of the molecule is Cc1nc(C(C)N[C@H](CO)C(C)C)cs1. The van der Waals surface area contributed by atoms with Gasteiger partial charge in [0.15, 0.2) is 0 Å². The molecule has 0 saturated carbocycles. The molecular weight excluding hydrogens is 208 g/mol. The van der Waals surface area contributed by atoms with Gasteiger partial charge in [0.1, 0.15) is 0 Å². The topological polar surface area (TPSA) is 45.2 Å². The maximum absolute atomic E-state index is 9.22. The van der Waals surface area contributed by atoms with E-state index in [-0.39, 0.29) is 18.7 Å². The molecule has 0 bridgehead atoms. The molecule has 0 fully saturated rings. The molecule has 1 rings (SSSR count). The van der Waals surface area contributed by atoms with Crippen LogP contribution in [-0.2, 0) is 0 Å². The third kappa shape index (κ3) is 3.55. The van der Waals surface area contributed by atoms with Crippen molar-refractivity contribution in [2.24, 2.45) is 5.92 Å². The number of aromatic nitrogens is 1. The predicted molar refractivity (Wildman–Crippen MR) is 64.1 cm³/mol. The van der Waals surface area contributed by atoms with E-state index < -0.39 is 0 Å². The predicted octanol–water partition coefficient (Wildman–Crippen LogP) is 2.12. The number of thiazole rings is 1. The van der Waals surface area contributed by atoms with Crippen molar-refractivity contribution in [2.45, 2.75) is 39.8 Å². The zero-order valence-electron chi connectivity index (χ0n) is 9.82. The zero-order chi connectivity index (χ0) is 11.4. The zero-order valence-corrected chi connectivity index (χ0v) is 10.6. The Balaban J connectivity index is 2.58. The van der Waals surface area contributed by atoms with Crippen LogP contribution in [0.2, 0.25) is 0 Å². The molecular formula is C11H20N2OS. The van der Waals surface area contributed by atoms with E-state index >= 15 is 0 Å². The van der Waals surface area contributed by atoms with Crippen molar-refractivity contribution in [3.8, 4) is 0 Å². The Kier molecular flexibility index (Phi) is 4.70. The number of aryl methyl sites for hydroxylation is 1. The molecule has 15 heavy (non-hydrogen) atoms. The Hall–Kier alpha value is -0.450. The Labute approximate surface area is 95.6 Å². The molecule has 3 nitrogen and oxygen atoms in total. The fraction of sp³-hybridized carbons (Fsp3) is 0.727. The summed E-state index contributed by atoms with van der Waals surface area (Å²) in [5.41, 5.74) is 1.07. The number of hydrogen-bond donors (Lipinski definition) is 2. The van der Waals surface area contributed by atoms with E-state index in [9.17, 15) is 5.11 Å². The van der Waals surface area contributed by atoms with Crippen molar-refractivity contribution < 1.29 is 5.11 Å². The third-order valence-electron chi connectivity index (χ3n) is 2.55. The van der Waals surface area contributed by atoms with Gasteiger partial charge in [-0.15, -0.1) is 11.3 Å². The Morgan fingerprint density at radius 3 is 2.53 bits per heavy atom. The summed E-state index contributed by atoms with van der Waals surface area (Å²) in [5.74, 6) is 0.428. The van der Waals surface area contributed by atoms with Gasteiger partial charge in [0.2, 0.25) is 0 Å². The number of nitrogens with one attached hydrogen (secondary N) is 1. The summed E-state index contributed by atoms with van der Waals surface area (Å²) in [6.45, 7) is 8.47. The average molecular weight is 228 g/mol. The van der Waals surface area contributed by atoms with E-state index in [1.165, 1.54) is 0 Å². The minimum absolute atomic E-state index is 0.141. The van der Waals surface area contributed by atoms with Gasteiger partial charge in [-0.05, 0) is 19.8 Å². The second-order valence-electron chi connectivity index (χ2n) is 4.21. The van der Waals surface area contributed by atoms with Crippen LogP contribution in [0, 0.1) is 12.8 Å². The van der Waals surface area contributed by atoms with Crippen LogP contribution in [0.4, 0.5) is 0 Å².